The van der Waals surface area contributed by atoms with Gasteiger partial charge in [-0.1, -0.05) is 13.8 Å². The Bertz CT molecular complexity index is 209. The highest BCUT2D eigenvalue weighted by molar-refractivity contribution is 5.18. The van der Waals surface area contributed by atoms with Gasteiger partial charge in [-0.15, -0.1) is 0 Å². The smallest absolute Gasteiger partial charge is 0.137 e. The average molecular weight is 182 g/mol. The molecule has 13 heavy (non-hydrogen) atoms. The minimum atomic E-state index is 0.536. The van der Waals surface area contributed by atoms with Crippen molar-refractivity contribution in [2.24, 2.45) is 5.73 Å². The zero-order valence-corrected chi connectivity index (χ0v) is 8.58. The maximum Gasteiger partial charge on any atom is 0.137 e. The third-order valence-corrected chi connectivity index (χ3v) is 1.27. The van der Waals surface area contributed by atoms with E-state index in [-0.39, 0.29) is 0 Å². The number of aryl methyl sites for hydroxylation is 1. The molecule has 0 aliphatic heterocycles. The van der Waals surface area contributed by atoms with Gasteiger partial charge in [0.2, 0.25) is 0 Å². The molecule has 1 heterocycles. The molecule has 1 aromatic heterocycles. The van der Waals surface area contributed by atoms with Crippen LogP contribution in [0.4, 0.5) is 0 Å². The fourth-order valence-electron chi connectivity index (χ4n) is 0.716. The van der Waals surface area contributed by atoms with E-state index in [0.717, 1.165) is 11.4 Å². The zero-order chi connectivity index (χ0) is 10.1. The van der Waals surface area contributed by atoms with Crippen molar-refractivity contribution >= 4 is 0 Å². The number of rotatable bonds is 3. The Morgan fingerprint density at radius 3 is 2.54 bits per heavy atom. The van der Waals surface area contributed by atoms with E-state index in [4.69, 9.17) is 10.5 Å². The molecule has 3 nitrogen and oxygen atoms in total. The second-order valence-corrected chi connectivity index (χ2v) is 2.27. The first-order chi connectivity index (χ1) is 6.33. The van der Waals surface area contributed by atoms with Crippen molar-refractivity contribution < 1.29 is 4.74 Å². The predicted molar refractivity (Wildman–Crippen MR) is 54.9 cm³/mol. The van der Waals surface area contributed by atoms with Crippen molar-refractivity contribution in [1.29, 1.82) is 0 Å². The molecular weight excluding hydrogens is 164 g/mol. The van der Waals surface area contributed by atoms with E-state index < -0.39 is 0 Å². The molecular formula is C10H18N2O. The molecule has 74 valence electrons. The molecule has 0 bridgehead atoms. The minimum absolute atomic E-state index is 0.536. The first kappa shape index (κ1) is 11.9. The van der Waals surface area contributed by atoms with Crippen LogP contribution in [0.15, 0.2) is 18.3 Å². The molecule has 3 heteroatoms. The SMILES string of the molecule is CC.Cc1ccc(OCCN)cn1. The number of nitrogens with zero attached hydrogens (tertiary/aromatic N) is 1. The van der Waals surface area contributed by atoms with Crippen molar-refractivity contribution in [3.63, 3.8) is 0 Å². The number of aromatic nitrogens is 1. The Morgan fingerprint density at radius 1 is 1.38 bits per heavy atom. The van der Waals surface area contributed by atoms with Crippen molar-refractivity contribution in [2.75, 3.05) is 13.2 Å². The van der Waals surface area contributed by atoms with Gasteiger partial charge in [-0.3, -0.25) is 4.98 Å². The first-order valence-electron chi connectivity index (χ1n) is 4.58. The Kier molecular flexibility index (Phi) is 6.92. The monoisotopic (exact) mass is 182 g/mol. The molecule has 0 spiro atoms. The fourth-order valence-corrected chi connectivity index (χ4v) is 0.716. The van der Waals surface area contributed by atoms with Crippen LogP contribution in [-0.2, 0) is 0 Å². The van der Waals surface area contributed by atoms with Gasteiger partial charge < -0.3 is 10.5 Å². The third-order valence-electron chi connectivity index (χ3n) is 1.27. The maximum absolute atomic E-state index is 5.26. The van der Waals surface area contributed by atoms with E-state index in [1.165, 1.54) is 0 Å². The quantitative estimate of drug-likeness (QED) is 0.774. The second kappa shape index (κ2) is 7.55. The Labute approximate surface area is 79.9 Å². The summed E-state index contributed by atoms with van der Waals surface area (Å²) in [5.74, 6) is 0.779. The van der Waals surface area contributed by atoms with Crippen LogP contribution < -0.4 is 10.5 Å². The van der Waals surface area contributed by atoms with Gasteiger partial charge in [0.05, 0.1) is 6.20 Å². The van der Waals surface area contributed by atoms with Crippen LogP contribution in [0.1, 0.15) is 19.5 Å². The van der Waals surface area contributed by atoms with Gasteiger partial charge in [0.15, 0.2) is 0 Å². The average Bonchev–Trinajstić information content (AvgIpc) is 2.20. The van der Waals surface area contributed by atoms with Crippen LogP contribution in [0.5, 0.6) is 5.75 Å². The summed E-state index contributed by atoms with van der Waals surface area (Å²) in [6.07, 6.45) is 1.70. The first-order valence-corrected chi connectivity index (χ1v) is 4.58. The lowest BCUT2D eigenvalue weighted by Gasteiger charge is -2.02. The van der Waals surface area contributed by atoms with Crippen molar-refractivity contribution in [1.82, 2.24) is 4.98 Å². The second-order valence-electron chi connectivity index (χ2n) is 2.27. The summed E-state index contributed by atoms with van der Waals surface area (Å²) < 4.78 is 5.22. The predicted octanol–water partition coefficient (Wildman–Crippen LogP) is 1.75. The lowest BCUT2D eigenvalue weighted by atomic mass is 10.4. The molecule has 0 unspecified atom stereocenters. The van der Waals surface area contributed by atoms with Crippen molar-refractivity contribution in [2.45, 2.75) is 20.8 Å². The van der Waals surface area contributed by atoms with Crippen LogP contribution in [0.25, 0.3) is 0 Å². The van der Waals surface area contributed by atoms with Gasteiger partial charge in [-0.25, -0.2) is 0 Å². The molecule has 0 saturated heterocycles. The highest BCUT2D eigenvalue weighted by Gasteiger charge is 1.90. The Balaban J connectivity index is 0.000000671. The molecule has 0 fully saturated rings. The molecule has 0 aromatic carbocycles. The van der Waals surface area contributed by atoms with Gasteiger partial charge in [-0.2, -0.15) is 0 Å². The summed E-state index contributed by atoms with van der Waals surface area (Å²) in [7, 11) is 0. The van der Waals surface area contributed by atoms with Gasteiger partial charge in [0.25, 0.3) is 0 Å². The van der Waals surface area contributed by atoms with Gasteiger partial charge in [-0.05, 0) is 19.1 Å². The summed E-state index contributed by atoms with van der Waals surface area (Å²) in [6.45, 7) is 7.02. The van der Waals surface area contributed by atoms with Crippen LogP contribution >= 0.6 is 0 Å². The highest BCUT2D eigenvalue weighted by atomic mass is 16.5. The van der Waals surface area contributed by atoms with Crippen LogP contribution in [0.2, 0.25) is 0 Å². The summed E-state index contributed by atoms with van der Waals surface area (Å²) in [6, 6.07) is 3.80. The molecule has 0 aliphatic carbocycles. The lowest BCUT2D eigenvalue weighted by Crippen LogP contribution is -2.10. The zero-order valence-electron chi connectivity index (χ0n) is 8.58. The number of pyridine rings is 1. The van der Waals surface area contributed by atoms with Gasteiger partial charge in [0, 0.05) is 12.2 Å². The molecule has 1 rings (SSSR count). The molecule has 0 amide bonds. The Morgan fingerprint density at radius 2 is 2.08 bits per heavy atom. The van der Waals surface area contributed by atoms with Gasteiger partial charge in [0.1, 0.15) is 12.4 Å². The number of ether oxygens (including phenoxy) is 1. The third kappa shape index (κ3) is 5.20. The van der Waals surface area contributed by atoms with E-state index in [1.807, 2.05) is 32.9 Å². The standard InChI is InChI=1S/C8H12N2O.C2H6/c1-7-2-3-8(6-10-7)11-5-4-9;1-2/h2-3,6H,4-5,9H2,1H3;1-2H3. The van der Waals surface area contributed by atoms with E-state index in [1.54, 1.807) is 6.20 Å². The van der Waals surface area contributed by atoms with Crippen LogP contribution in [0.3, 0.4) is 0 Å². The largest absolute Gasteiger partial charge is 0.491 e. The molecule has 0 aliphatic rings. The molecule has 2 N–H and O–H groups in total. The fraction of sp³-hybridized carbons (Fsp3) is 0.500. The van der Waals surface area contributed by atoms with E-state index >= 15 is 0 Å². The highest BCUT2D eigenvalue weighted by Crippen LogP contribution is 2.07. The summed E-state index contributed by atoms with van der Waals surface area (Å²) in [5.41, 5.74) is 6.25. The van der Waals surface area contributed by atoms with Crippen LogP contribution in [-0.4, -0.2) is 18.1 Å². The van der Waals surface area contributed by atoms with Crippen molar-refractivity contribution in [3.8, 4) is 5.75 Å². The normalized spacial score (nSPS) is 8.62. The molecule has 0 atom stereocenters. The minimum Gasteiger partial charge on any atom is -0.491 e. The number of hydrogen-bond acceptors (Lipinski definition) is 3. The summed E-state index contributed by atoms with van der Waals surface area (Å²) in [4.78, 5) is 4.07. The Hall–Kier alpha value is -1.09. The lowest BCUT2D eigenvalue weighted by molar-refractivity contribution is 0.327. The summed E-state index contributed by atoms with van der Waals surface area (Å²) >= 11 is 0. The van der Waals surface area contributed by atoms with Crippen LogP contribution in [0, 0.1) is 6.92 Å². The van der Waals surface area contributed by atoms with Crippen molar-refractivity contribution in [3.05, 3.63) is 24.0 Å². The topological polar surface area (TPSA) is 48.1 Å². The van der Waals surface area contributed by atoms with E-state index in [9.17, 15) is 0 Å². The molecule has 0 saturated carbocycles. The van der Waals surface area contributed by atoms with Gasteiger partial charge >= 0.3 is 0 Å². The molecule has 0 radical (unpaired) electrons. The number of nitrogens with two attached hydrogens (primary N) is 1. The summed E-state index contributed by atoms with van der Waals surface area (Å²) in [5, 5.41) is 0. The molecule has 1 aromatic rings. The number of hydrogen-bond donors (Lipinski definition) is 1. The maximum atomic E-state index is 5.26. The van der Waals surface area contributed by atoms with E-state index in [2.05, 4.69) is 4.98 Å². The van der Waals surface area contributed by atoms with E-state index in [0.29, 0.717) is 13.2 Å².